The number of hydrogen-bond donors (Lipinski definition) is 2. The first-order chi connectivity index (χ1) is 18.8. The molecule has 9 heteroatoms. The molecule has 0 radical (unpaired) electrons. The molecule has 40 heavy (non-hydrogen) atoms. The van der Waals surface area contributed by atoms with Gasteiger partial charge in [-0.2, -0.15) is 4.98 Å². The Balaban J connectivity index is 1.98. The molecule has 0 spiro atoms. The molecular weight excluding hydrogens is 514 g/mol. The molecule has 0 aliphatic heterocycles. The Bertz CT molecular complexity index is 1350. The third-order valence-corrected chi connectivity index (χ3v) is 13.9. The Hall–Kier alpha value is -3.48. The van der Waals surface area contributed by atoms with Crippen molar-refractivity contribution in [1.29, 1.82) is 0 Å². The number of aromatic nitrogens is 3. The number of amides is 1. The van der Waals surface area contributed by atoms with Gasteiger partial charge in [0.15, 0.2) is 5.65 Å². The fraction of sp³-hybridized carbons (Fsp3) is 0.484. The molecule has 2 heterocycles. The highest BCUT2D eigenvalue weighted by molar-refractivity contribution is 6.90. The maximum atomic E-state index is 11.9. The summed E-state index contributed by atoms with van der Waals surface area (Å²) in [6, 6.07) is 10.0. The van der Waals surface area contributed by atoms with Crippen molar-refractivity contribution in [3.8, 4) is 11.5 Å². The normalized spacial score (nSPS) is 11.8. The van der Waals surface area contributed by atoms with E-state index in [1.165, 1.54) is 6.92 Å². The highest BCUT2D eigenvalue weighted by Gasteiger charge is 2.41. The van der Waals surface area contributed by atoms with E-state index in [1.807, 2.05) is 18.2 Å². The van der Waals surface area contributed by atoms with Gasteiger partial charge in [0.25, 0.3) is 0 Å². The standard InChI is InChI=1S/C31H45N7OSi/c1-21(2)40(22(3)4,23(5)6)18-15-25-19-29(33-24(7)39)35-30-28(25)20-32-31(36-30)34-26-11-13-27(14-12-26)38(10)17-16-37(8)9/h11-14,19-23H,16-17H2,1-10H3,(H2,32,33,34,35,36,39). The molecule has 214 valence electrons. The van der Waals surface area contributed by atoms with Crippen molar-refractivity contribution in [1.82, 2.24) is 19.9 Å². The maximum Gasteiger partial charge on any atom is 0.229 e. The summed E-state index contributed by atoms with van der Waals surface area (Å²) < 4.78 is 0. The number of nitrogens with one attached hydrogen (secondary N) is 2. The lowest BCUT2D eigenvalue weighted by Crippen LogP contribution is -2.43. The lowest BCUT2D eigenvalue weighted by Gasteiger charge is -2.38. The van der Waals surface area contributed by atoms with Crippen LogP contribution in [0.25, 0.3) is 11.0 Å². The van der Waals surface area contributed by atoms with Gasteiger partial charge >= 0.3 is 0 Å². The van der Waals surface area contributed by atoms with Crippen LogP contribution in [0.5, 0.6) is 0 Å². The van der Waals surface area contributed by atoms with Crippen molar-refractivity contribution in [3.05, 3.63) is 42.1 Å². The lowest BCUT2D eigenvalue weighted by atomic mass is 10.2. The zero-order chi connectivity index (χ0) is 29.6. The van der Waals surface area contributed by atoms with Gasteiger partial charge < -0.3 is 20.4 Å². The van der Waals surface area contributed by atoms with Crippen LogP contribution in [-0.4, -0.2) is 68.1 Å². The molecule has 1 amide bonds. The van der Waals surface area contributed by atoms with Gasteiger partial charge in [0.05, 0.1) is 5.39 Å². The van der Waals surface area contributed by atoms with Crippen molar-refractivity contribution in [2.45, 2.75) is 65.1 Å². The number of hydrogen-bond acceptors (Lipinski definition) is 7. The number of carbonyl (C=O) groups excluding carboxylic acids is 1. The van der Waals surface area contributed by atoms with Gasteiger partial charge in [-0.3, -0.25) is 4.79 Å². The summed E-state index contributed by atoms with van der Waals surface area (Å²) in [6.45, 7) is 17.2. The maximum absolute atomic E-state index is 11.9. The number of benzene rings is 1. The molecular formula is C31H45N7OSi. The van der Waals surface area contributed by atoms with Gasteiger partial charge in [0, 0.05) is 50.2 Å². The first-order valence-electron chi connectivity index (χ1n) is 14.0. The monoisotopic (exact) mass is 559 g/mol. The van der Waals surface area contributed by atoms with E-state index in [0.29, 0.717) is 34.0 Å². The number of likely N-dealkylation sites (N-methyl/N-ethyl adjacent to an activating group) is 2. The van der Waals surface area contributed by atoms with Crippen LogP contribution in [0.15, 0.2) is 36.5 Å². The fourth-order valence-corrected chi connectivity index (χ4v) is 10.7. The molecule has 3 rings (SSSR count). The molecule has 2 aromatic heterocycles. The Labute approximate surface area is 241 Å². The van der Waals surface area contributed by atoms with Crippen molar-refractivity contribution in [2.75, 3.05) is 49.8 Å². The van der Waals surface area contributed by atoms with E-state index in [-0.39, 0.29) is 5.91 Å². The summed E-state index contributed by atoms with van der Waals surface area (Å²) in [6.07, 6.45) is 1.77. The number of nitrogens with zero attached hydrogens (tertiary/aromatic N) is 5. The predicted molar refractivity (Wildman–Crippen MR) is 171 cm³/mol. The zero-order valence-corrected chi connectivity index (χ0v) is 26.8. The summed E-state index contributed by atoms with van der Waals surface area (Å²) >= 11 is 0. The Morgan fingerprint density at radius 2 is 1.57 bits per heavy atom. The van der Waals surface area contributed by atoms with E-state index >= 15 is 0 Å². The van der Waals surface area contributed by atoms with Crippen molar-refractivity contribution >= 4 is 48.2 Å². The first-order valence-corrected chi connectivity index (χ1v) is 16.3. The molecule has 0 unspecified atom stereocenters. The van der Waals surface area contributed by atoms with E-state index in [1.54, 1.807) is 6.20 Å². The predicted octanol–water partition coefficient (Wildman–Crippen LogP) is 6.29. The number of fused-ring (bicyclic) bond motifs is 1. The minimum atomic E-state index is -1.96. The van der Waals surface area contributed by atoms with Crippen LogP contribution in [0.4, 0.5) is 23.1 Å². The molecule has 0 fully saturated rings. The van der Waals surface area contributed by atoms with Gasteiger partial charge in [-0.15, -0.1) is 5.54 Å². The quantitative estimate of drug-likeness (QED) is 0.223. The molecule has 2 N–H and O–H groups in total. The van der Waals surface area contributed by atoms with Crippen molar-refractivity contribution < 1.29 is 4.79 Å². The highest BCUT2D eigenvalue weighted by atomic mass is 28.3. The minimum Gasteiger partial charge on any atom is -0.373 e. The van der Waals surface area contributed by atoms with E-state index in [2.05, 4.69) is 117 Å². The van der Waals surface area contributed by atoms with Crippen LogP contribution in [0.2, 0.25) is 16.6 Å². The van der Waals surface area contributed by atoms with Gasteiger partial charge in [-0.25, -0.2) is 9.97 Å². The molecule has 3 aromatic rings. The summed E-state index contributed by atoms with van der Waals surface area (Å²) in [5, 5.41) is 6.87. The second kappa shape index (κ2) is 13.2. The highest BCUT2D eigenvalue weighted by Crippen LogP contribution is 2.41. The molecule has 8 nitrogen and oxygen atoms in total. The number of rotatable bonds is 10. The Morgan fingerprint density at radius 3 is 2.12 bits per heavy atom. The van der Waals surface area contributed by atoms with E-state index in [9.17, 15) is 4.79 Å². The second-order valence-electron chi connectivity index (χ2n) is 11.7. The smallest absolute Gasteiger partial charge is 0.229 e. The third kappa shape index (κ3) is 7.37. The van der Waals surface area contributed by atoms with Crippen LogP contribution in [0, 0.1) is 11.5 Å². The SMILES string of the molecule is CC(=O)Nc1cc(C#C[Si](C(C)C)(C(C)C)C(C)C)c2cnc(Nc3ccc(N(C)CCN(C)C)cc3)nc2n1. The van der Waals surface area contributed by atoms with Crippen LogP contribution in [-0.2, 0) is 4.79 Å². The van der Waals surface area contributed by atoms with Gasteiger partial charge in [-0.05, 0) is 61.1 Å². The summed E-state index contributed by atoms with van der Waals surface area (Å²) in [5.74, 6) is 4.18. The lowest BCUT2D eigenvalue weighted by molar-refractivity contribution is -0.114. The third-order valence-electron chi connectivity index (χ3n) is 7.60. The van der Waals surface area contributed by atoms with Crippen molar-refractivity contribution in [3.63, 3.8) is 0 Å². The van der Waals surface area contributed by atoms with E-state index < -0.39 is 8.07 Å². The van der Waals surface area contributed by atoms with Crippen molar-refractivity contribution in [2.24, 2.45) is 0 Å². The Morgan fingerprint density at radius 1 is 0.950 bits per heavy atom. The number of pyridine rings is 1. The molecule has 0 saturated heterocycles. The Kier molecular flexibility index (Phi) is 10.3. The van der Waals surface area contributed by atoms with Gasteiger partial charge in [0.2, 0.25) is 11.9 Å². The topological polar surface area (TPSA) is 86.3 Å². The summed E-state index contributed by atoms with van der Waals surface area (Å²) in [7, 11) is 4.28. The van der Waals surface area contributed by atoms with Crippen LogP contribution < -0.4 is 15.5 Å². The van der Waals surface area contributed by atoms with Gasteiger partial charge in [-0.1, -0.05) is 47.5 Å². The summed E-state index contributed by atoms with van der Waals surface area (Å²) in [4.78, 5) is 30.2. The first kappa shape index (κ1) is 31.0. The molecule has 0 saturated carbocycles. The number of anilines is 4. The average Bonchev–Trinajstić information content (AvgIpc) is 2.86. The van der Waals surface area contributed by atoms with Gasteiger partial charge in [0.1, 0.15) is 13.9 Å². The van der Waals surface area contributed by atoms with Crippen LogP contribution in [0.1, 0.15) is 54.0 Å². The van der Waals surface area contributed by atoms with Crippen LogP contribution >= 0.6 is 0 Å². The molecule has 0 bridgehead atoms. The molecule has 0 aliphatic rings. The fourth-order valence-electron chi connectivity index (χ4n) is 5.43. The van der Waals surface area contributed by atoms with E-state index in [0.717, 1.165) is 35.4 Å². The molecule has 0 aliphatic carbocycles. The second-order valence-corrected chi connectivity index (χ2v) is 17.3. The average molecular weight is 560 g/mol. The zero-order valence-electron chi connectivity index (χ0n) is 25.8. The minimum absolute atomic E-state index is 0.191. The largest absolute Gasteiger partial charge is 0.373 e. The molecule has 1 aromatic carbocycles. The molecule has 0 atom stereocenters. The number of carbonyl (C=O) groups is 1. The summed E-state index contributed by atoms with van der Waals surface area (Å²) in [5.41, 5.74) is 8.59. The van der Waals surface area contributed by atoms with E-state index in [4.69, 9.17) is 4.98 Å². The van der Waals surface area contributed by atoms with Crippen LogP contribution in [0.3, 0.4) is 0 Å².